The average Bonchev–Trinajstić information content (AvgIpc) is 2.42. The van der Waals surface area contributed by atoms with Crippen LogP contribution in [0.4, 0.5) is 10.5 Å². The fourth-order valence-corrected chi connectivity index (χ4v) is 2.66. The number of aliphatic carboxylic acids is 1. The maximum absolute atomic E-state index is 12.4. The molecule has 0 saturated heterocycles. The van der Waals surface area contributed by atoms with E-state index in [1.165, 1.54) is 5.56 Å². The van der Waals surface area contributed by atoms with Crippen molar-refractivity contribution in [1.82, 2.24) is 5.32 Å². The van der Waals surface area contributed by atoms with Crippen molar-refractivity contribution in [1.29, 1.82) is 0 Å². The number of carboxylic acid groups (broad SMARTS) is 1. The number of urea groups is 1. The van der Waals surface area contributed by atoms with Gasteiger partial charge in [-0.2, -0.15) is 0 Å². The summed E-state index contributed by atoms with van der Waals surface area (Å²) in [6, 6.07) is 4.80. The van der Waals surface area contributed by atoms with Crippen LogP contribution in [0, 0.1) is 12.8 Å². The van der Waals surface area contributed by atoms with E-state index < -0.39 is 12.0 Å². The zero-order valence-electron chi connectivity index (χ0n) is 12.7. The van der Waals surface area contributed by atoms with Gasteiger partial charge in [-0.05, 0) is 37.3 Å². The van der Waals surface area contributed by atoms with Crippen molar-refractivity contribution in [3.05, 3.63) is 29.3 Å². The van der Waals surface area contributed by atoms with Gasteiger partial charge in [0.25, 0.3) is 0 Å². The summed E-state index contributed by atoms with van der Waals surface area (Å²) in [7, 11) is 0. The highest BCUT2D eigenvalue weighted by atomic mass is 16.4. The zero-order chi connectivity index (χ0) is 15.6. The van der Waals surface area contributed by atoms with Gasteiger partial charge >= 0.3 is 12.0 Å². The van der Waals surface area contributed by atoms with Crippen LogP contribution in [0.5, 0.6) is 0 Å². The van der Waals surface area contributed by atoms with Gasteiger partial charge in [0.2, 0.25) is 0 Å². The Hall–Kier alpha value is -2.04. The minimum absolute atomic E-state index is 0.159. The maximum Gasteiger partial charge on any atom is 0.326 e. The Kier molecular flexibility index (Phi) is 4.50. The molecule has 114 valence electrons. The average molecular weight is 290 g/mol. The summed E-state index contributed by atoms with van der Waals surface area (Å²) in [5.74, 6) is -1.16. The Morgan fingerprint density at radius 1 is 1.33 bits per heavy atom. The van der Waals surface area contributed by atoms with Crippen LogP contribution in [0.1, 0.15) is 31.4 Å². The first kappa shape index (κ1) is 15.4. The standard InChI is InChI=1S/C16H22N2O3/c1-10(2)14(15(19)20)17-16(21)18-8-4-5-12-9-11(3)6-7-13(12)18/h6-7,9-10,14H,4-5,8H2,1-3H3,(H,17,21)(H,19,20). The molecule has 1 aliphatic heterocycles. The van der Waals surface area contributed by atoms with Gasteiger partial charge in [0.1, 0.15) is 6.04 Å². The van der Waals surface area contributed by atoms with E-state index in [-0.39, 0.29) is 11.9 Å². The van der Waals surface area contributed by atoms with E-state index in [2.05, 4.69) is 11.4 Å². The molecule has 0 spiro atoms. The number of carbonyl (C=O) groups excluding carboxylic acids is 1. The molecular formula is C16H22N2O3. The Morgan fingerprint density at radius 2 is 2.05 bits per heavy atom. The second-order valence-corrected chi connectivity index (χ2v) is 5.90. The molecule has 1 unspecified atom stereocenters. The summed E-state index contributed by atoms with van der Waals surface area (Å²) in [4.78, 5) is 25.3. The molecule has 1 heterocycles. The molecule has 2 N–H and O–H groups in total. The van der Waals surface area contributed by atoms with Crippen LogP contribution in [-0.2, 0) is 11.2 Å². The summed E-state index contributed by atoms with van der Waals surface area (Å²) in [6.45, 7) is 6.21. The lowest BCUT2D eigenvalue weighted by Gasteiger charge is -2.31. The van der Waals surface area contributed by atoms with E-state index in [1.807, 2.05) is 19.1 Å². The van der Waals surface area contributed by atoms with Gasteiger partial charge in [0.15, 0.2) is 0 Å². The molecule has 0 aromatic heterocycles. The number of hydrogen-bond acceptors (Lipinski definition) is 2. The van der Waals surface area contributed by atoms with Crippen LogP contribution < -0.4 is 10.2 Å². The molecule has 1 aromatic carbocycles. The molecule has 1 atom stereocenters. The van der Waals surface area contributed by atoms with E-state index in [0.29, 0.717) is 6.54 Å². The fraction of sp³-hybridized carbons (Fsp3) is 0.500. The number of fused-ring (bicyclic) bond motifs is 1. The van der Waals surface area contributed by atoms with Gasteiger partial charge in [-0.1, -0.05) is 31.5 Å². The van der Waals surface area contributed by atoms with Gasteiger partial charge in [-0.25, -0.2) is 9.59 Å². The Balaban J connectivity index is 2.20. The van der Waals surface area contributed by atoms with Crippen LogP contribution in [0.25, 0.3) is 0 Å². The molecule has 2 amide bonds. The Labute approximate surface area is 125 Å². The summed E-state index contributed by atoms with van der Waals surface area (Å²) >= 11 is 0. The summed E-state index contributed by atoms with van der Waals surface area (Å²) < 4.78 is 0. The SMILES string of the molecule is Cc1ccc2c(c1)CCCN2C(=O)NC(C(=O)O)C(C)C. The molecule has 0 saturated carbocycles. The second kappa shape index (κ2) is 6.16. The lowest BCUT2D eigenvalue weighted by Crippen LogP contribution is -2.51. The van der Waals surface area contributed by atoms with Crippen molar-refractivity contribution in [2.75, 3.05) is 11.4 Å². The lowest BCUT2D eigenvalue weighted by atomic mass is 9.99. The highest BCUT2D eigenvalue weighted by Crippen LogP contribution is 2.28. The third-order valence-corrected chi connectivity index (χ3v) is 3.81. The number of anilines is 1. The highest BCUT2D eigenvalue weighted by molar-refractivity contribution is 5.95. The molecule has 0 aliphatic carbocycles. The smallest absolute Gasteiger partial charge is 0.326 e. The molecule has 0 radical (unpaired) electrons. The maximum atomic E-state index is 12.4. The molecule has 5 nitrogen and oxygen atoms in total. The largest absolute Gasteiger partial charge is 0.480 e. The minimum Gasteiger partial charge on any atom is -0.480 e. The van der Waals surface area contributed by atoms with Crippen molar-refractivity contribution in [2.45, 2.75) is 39.7 Å². The minimum atomic E-state index is -1.00. The quantitative estimate of drug-likeness (QED) is 0.899. The van der Waals surface area contributed by atoms with Gasteiger partial charge in [0.05, 0.1) is 0 Å². The zero-order valence-corrected chi connectivity index (χ0v) is 12.7. The first-order valence-electron chi connectivity index (χ1n) is 7.30. The van der Waals surface area contributed by atoms with Crippen molar-refractivity contribution in [3.63, 3.8) is 0 Å². The summed E-state index contributed by atoms with van der Waals surface area (Å²) in [6.07, 6.45) is 1.84. The number of nitrogens with one attached hydrogen (secondary N) is 1. The predicted octanol–water partition coefficient (Wildman–Crippen LogP) is 2.57. The normalized spacial score (nSPS) is 15.5. The molecule has 1 aromatic rings. The van der Waals surface area contributed by atoms with Crippen LogP contribution in [0.3, 0.4) is 0 Å². The summed E-state index contributed by atoms with van der Waals surface area (Å²) in [5.41, 5.74) is 3.20. The molecule has 2 rings (SSSR count). The third kappa shape index (κ3) is 3.35. The van der Waals surface area contributed by atoms with Crippen molar-refractivity contribution in [3.8, 4) is 0 Å². The fourth-order valence-electron chi connectivity index (χ4n) is 2.66. The van der Waals surface area contributed by atoms with E-state index in [4.69, 9.17) is 0 Å². The first-order valence-corrected chi connectivity index (χ1v) is 7.30. The molecule has 5 heteroatoms. The molecule has 21 heavy (non-hydrogen) atoms. The number of carbonyl (C=O) groups is 2. The van der Waals surface area contributed by atoms with Crippen LogP contribution >= 0.6 is 0 Å². The van der Waals surface area contributed by atoms with E-state index in [9.17, 15) is 14.7 Å². The van der Waals surface area contributed by atoms with Gasteiger partial charge < -0.3 is 10.4 Å². The van der Waals surface area contributed by atoms with E-state index in [1.54, 1.807) is 18.7 Å². The number of hydrogen-bond donors (Lipinski definition) is 2. The molecule has 0 bridgehead atoms. The van der Waals surface area contributed by atoms with Gasteiger partial charge in [-0.3, -0.25) is 4.90 Å². The number of rotatable bonds is 3. The number of aryl methyl sites for hydroxylation is 2. The number of nitrogens with zero attached hydrogens (tertiary/aromatic N) is 1. The van der Waals surface area contributed by atoms with Gasteiger partial charge in [0, 0.05) is 12.2 Å². The van der Waals surface area contributed by atoms with Crippen molar-refractivity contribution in [2.24, 2.45) is 5.92 Å². The Bertz CT molecular complexity index is 554. The predicted molar refractivity (Wildman–Crippen MR) is 81.6 cm³/mol. The Morgan fingerprint density at radius 3 is 2.67 bits per heavy atom. The monoisotopic (exact) mass is 290 g/mol. The van der Waals surface area contributed by atoms with Crippen molar-refractivity contribution >= 4 is 17.7 Å². The van der Waals surface area contributed by atoms with Gasteiger partial charge in [-0.15, -0.1) is 0 Å². The number of amides is 2. The highest BCUT2D eigenvalue weighted by Gasteiger charge is 2.28. The topological polar surface area (TPSA) is 69.6 Å². The van der Waals surface area contributed by atoms with Crippen LogP contribution in [0.15, 0.2) is 18.2 Å². The van der Waals surface area contributed by atoms with E-state index >= 15 is 0 Å². The van der Waals surface area contributed by atoms with Crippen LogP contribution in [0.2, 0.25) is 0 Å². The first-order chi connectivity index (χ1) is 9.90. The molecule has 0 fully saturated rings. The van der Waals surface area contributed by atoms with Crippen molar-refractivity contribution < 1.29 is 14.7 Å². The van der Waals surface area contributed by atoms with E-state index in [0.717, 1.165) is 24.1 Å². The van der Waals surface area contributed by atoms with Crippen LogP contribution in [-0.4, -0.2) is 29.7 Å². The number of benzene rings is 1. The summed E-state index contributed by atoms with van der Waals surface area (Å²) in [5, 5.41) is 11.8. The second-order valence-electron chi connectivity index (χ2n) is 5.90. The lowest BCUT2D eigenvalue weighted by molar-refractivity contribution is -0.140. The molecule has 1 aliphatic rings. The third-order valence-electron chi connectivity index (χ3n) is 3.81. The number of carboxylic acids is 1. The molecular weight excluding hydrogens is 268 g/mol.